The van der Waals surface area contributed by atoms with Gasteiger partial charge in [-0.05, 0) is 42.8 Å². The van der Waals surface area contributed by atoms with E-state index >= 15 is 0 Å². The monoisotopic (exact) mass is 618 g/mol. The van der Waals surface area contributed by atoms with E-state index in [1.165, 1.54) is 49.1 Å². The molecule has 0 bridgehead atoms. The normalized spacial score (nSPS) is 22.5. The first kappa shape index (κ1) is 32.6. The second kappa shape index (κ2) is 15.5. The van der Waals surface area contributed by atoms with Gasteiger partial charge in [-0.15, -0.1) is 0 Å². The highest BCUT2D eigenvalue weighted by Crippen LogP contribution is 2.37. The Morgan fingerprint density at radius 3 is 2.16 bits per heavy atom. The molecule has 1 unspecified atom stereocenters. The van der Waals surface area contributed by atoms with E-state index in [1.54, 1.807) is 23.2 Å². The van der Waals surface area contributed by atoms with Gasteiger partial charge in [0.1, 0.15) is 6.04 Å². The van der Waals surface area contributed by atoms with Gasteiger partial charge in [0.25, 0.3) is 11.6 Å². The number of nitrogens with one attached hydrogen (secondary N) is 2. The lowest BCUT2D eigenvalue weighted by molar-refractivity contribution is -0.384. The minimum absolute atomic E-state index is 0.0502. The molecule has 2 aromatic rings. The van der Waals surface area contributed by atoms with Crippen molar-refractivity contribution in [2.24, 2.45) is 5.92 Å². The maximum absolute atomic E-state index is 14.1. The van der Waals surface area contributed by atoms with E-state index in [9.17, 15) is 24.8 Å². The average molecular weight is 619 g/mol. The molecule has 4 atom stereocenters. The summed E-state index contributed by atoms with van der Waals surface area (Å²) in [6.45, 7) is 5.80. The van der Waals surface area contributed by atoms with Crippen molar-refractivity contribution in [2.45, 2.75) is 82.9 Å². The molecule has 11 heteroatoms. The summed E-state index contributed by atoms with van der Waals surface area (Å²) in [6, 6.07) is 12.0. The van der Waals surface area contributed by atoms with Gasteiger partial charge in [0, 0.05) is 49.7 Å². The minimum atomic E-state index is -0.885. The maximum atomic E-state index is 14.1. The van der Waals surface area contributed by atoms with Crippen molar-refractivity contribution in [1.82, 2.24) is 10.3 Å². The number of hydrogen-bond donors (Lipinski definition) is 3. The number of carbonyl (C=O) groups is 2. The van der Waals surface area contributed by atoms with Crippen LogP contribution >= 0.6 is 0 Å². The zero-order chi connectivity index (χ0) is 31.8. The Hall–Kier alpha value is -3.80. The van der Waals surface area contributed by atoms with Crippen LogP contribution in [0.4, 0.5) is 22.7 Å². The molecule has 5 rings (SSSR count). The zero-order valence-electron chi connectivity index (χ0n) is 26.1. The second-order valence-electron chi connectivity index (χ2n) is 12.3. The third-order valence-electron chi connectivity index (χ3n) is 9.13. The number of anilines is 3. The lowest BCUT2D eigenvalue weighted by atomic mass is 9.91. The quantitative estimate of drug-likeness (QED) is 0.0828. The number of rotatable bonds is 15. The summed E-state index contributed by atoms with van der Waals surface area (Å²) in [5, 5.41) is 27.6. The van der Waals surface area contributed by atoms with E-state index in [0.29, 0.717) is 17.8 Å². The van der Waals surface area contributed by atoms with Gasteiger partial charge in [0.2, 0.25) is 5.91 Å². The largest absolute Gasteiger partial charge is 0.391 e. The van der Waals surface area contributed by atoms with Crippen LogP contribution in [0.5, 0.6) is 0 Å². The van der Waals surface area contributed by atoms with E-state index in [4.69, 9.17) is 0 Å². The topological polar surface area (TPSA) is 131 Å². The first-order valence-electron chi connectivity index (χ1n) is 16.5. The number of piperazine rings is 1. The number of hydrogen-bond acceptors (Lipinski definition) is 9. The molecule has 242 valence electrons. The first-order chi connectivity index (χ1) is 21.9. The number of imide groups is 1. The second-order valence-corrected chi connectivity index (χ2v) is 12.3. The van der Waals surface area contributed by atoms with Crippen molar-refractivity contribution in [3.63, 3.8) is 0 Å². The van der Waals surface area contributed by atoms with E-state index in [2.05, 4.69) is 22.6 Å². The molecule has 45 heavy (non-hydrogen) atoms. The van der Waals surface area contributed by atoms with Crippen LogP contribution in [0.3, 0.4) is 0 Å². The highest BCUT2D eigenvalue weighted by Gasteiger charge is 2.54. The van der Waals surface area contributed by atoms with Crippen LogP contribution in [0.1, 0.15) is 64.7 Å². The lowest BCUT2D eigenvalue weighted by Crippen LogP contribution is -2.57. The van der Waals surface area contributed by atoms with Gasteiger partial charge < -0.3 is 20.7 Å². The summed E-state index contributed by atoms with van der Waals surface area (Å²) < 4.78 is 0. The van der Waals surface area contributed by atoms with Crippen LogP contribution < -0.4 is 20.5 Å². The third kappa shape index (κ3) is 7.71. The Balaban J connectivity index is 1.32. The number of nitro groups is 1. The highest BCUT2D eigenvalue weighted by atomic mass is 16.6. The zero-order valence-corrected chi connectivity index (χ0v) is 26.1. The molecule has 3 aliphatic heterocycles. The number of benzene rings is 2. The third-order valence-corrected chi connectivity index (χ3v) is 9.13. The summed E-state index contributed by atoms with van der Waals surface area (Å²) >= 11 is 0. The van der Waals surface area contributed by atoms with Crippen molar-refractivity contribution < 1.29 is 19.6 Å². The molecule has 3 N–H and O–H groups in total. The molecule has 0 aliphatic carbocycles. The van der Waals surface area contributed by atoms with Crippen LogP contribution in [0.15, 0.2) is 60.7 Å². The highest BCUT2D eigenvalue weighted by molar-refractivity contribution is 6.24. The number of nitrogens with zero attached hydrogens (tertiary/aromatic N) is 4. The van der Waals surface area contributed by atoms with Gasteiger partial charge in [-0.25, -0.2) is 9.91 Å². The fourth-order valence-corrected chi connectivity index (χ4v) is 6.58. The van der Waals surface area contributed by atoms with Crippen molar-refractivity contribution >= 4 is 34.6 Å². The van der Waals surface area contributed by atoms with Crippen molar-refractivity contribution in [1.29, 1.82) is 0 Å². The molecule has 3 aliphatic rings. The number of non-ortho nitro benzene ring substituents is 1. The first-order valence-corrected chi connectivity index (χ1v) is 16.5. The standard InChI is InChI=1S/C34H46N6O5/c1-2-3-4-5-6-7-8-9-10-31(41)30-20-19-29-32(39(30)36-25-11-13-28(14-12-25)40(44)45)34(43)38(33(29)42)27-17-15-26(16-18-27)37-23-21-35-22-24-37/h11-20,29-32,35-36,41H,2-10,21-24H2,1H3/t29?,30-,31+,32-/m0/s1. The fourth-order valence-electron chi connectivity index (χ4n) is 6.58. The molecule has 0 saturated carbocycles. The number of aliphatic hydroxyl groups excluding tert-OH is 1. The van der Waals surface area contributed by atoms with Gasteiger partial charge in [0.15, 0.2) is 0 Å². The molecule has 2 fully saturated rings. The molecular weight excluding hydrogens is 572 g/mol. The Bertz CT molecular complexity index is 1330. The molecule has 2 aromatic carbocycles. The number of fused-ring (bicyclic) bond motifs is 1. The molecule has 0 radical (unpaired) electrons. The van der Waals surface area contributed by atoms with Crippen LogP contribution in [0.2, 0.25) is 0 Å². The van der Waals surface area contributed by atoms with E-state index < -0.39 is 29.0 Å². The predicted molar refractivity (Wildman–Crippen MR) is 176 cm³/mol. The molecular formula is C34H46N6O5. The lowest BCUT2D eigenvalue weighted by Gasteiger charge is -2.40. The van der Waals surface area contributed by atoms with Gasteiger partial charge in [-0.2, -0.15) is 0 Å². The number of unbranched alkanes of at least 4 members (excludes halogenated alkanes) is 7. The van der Waals surface area contributed by atoms with Gasteiger partial charge >= 0.3 is 0 Å². The van der Waals surface area contributed by atoms with Crippen LogP contribution in [-0.2, 0) is 9.59 Å². The SMILES string of the molecule is CCCCCCCCCC[C@@H](O)[C@@H]1C=CC2C(=O)N(c3ccc(N4CCNCC4)cc3)C(=O)[C@H]2N1Nc1ccc([N+](=O)[O-])cc1. The van der Waals surface area contributed by atoms with Gasteiger partial charge in [-0.1, -0.05) is 70.4 Å². The number of nitro benzene ring substituents is 1. The summed E-state index contributed by atoms with van der Waals surface area (Å²) in [4.78, 5) is 42.0. The number of amides is 2. The minimum Gasteiger partial charge on any atom is -0.391 e. The summed E-state index contributed by atoms with van der Waals surface area (Å²) in [6.07, 6.45) is 12.6. The summed E-state index contributed by atoms with van der Waals surface area (Å²) in [5.74, 6) is -1.42. The Kier molecular flexibility index (Phi) is 11.2. The van der Waals surface area contributed by atoms with E-state index in [1.807, 2.05) is 30.3 Å². The summed E-state index contributed by atoms with van der Waals surface area (Å²) in [7, 11) is 0. The maximum Gasteiger partial charge on any atom is 0.269 e. The molecule has 3 heterocycles. The Morgan fingerprint density at radius 2 is 1.51 bits per heavy atom. The van der Waals surface area contributed by atoms with Crippen molar-refractivity contribution in [3.05, 3.63) is 70.8 Å². The summed E-state index contributed by atoms with van der Waals surface area (Å²) in [5.41, 5.74) is 5.27. The number of hydrazine groups is 1. The van der Waals surface area contributed by atoms with Crippen molar-refractivity contribution in [3.8, 4) is 0 Å². The molecule has 0 spiro atoms. The molecule has 2 amide bonds. The van der Waals surface area contributed by atoms with Crippen molar-refractivity contribution in [2.75, 3.05) is 41.4 Å². The fraction of sp³-hybridized carbons (Fsp3) is 0.529. The smallest absolute Gasteiger partial charge is 0.269 e. The average Bonchev–Trinajstić information content (AvgIpc) is 3.32. The molecule has 11 nitrogen and oxygen atoms in total. The van der Waals surface area contributed by atoms with Crippen LogP contribution in [0.25, 0.3) is 0 Å². The predicted octanol–water partition coefficient (Wildman–Crippen LogP) is 5.02. The van der Waals surface area contributed by atoms with Gasteiger partial charge in [-0.3, -0.25) is 19.7 Å². The molecule has 2 saturated heterocycles. The van der Waals surface area contributed by atoms with Gasteiger partial charge in [0.05, 0.1) is 28.7 Å². The Morgan fingerprint density at radius 1 is 0.889 bits per heavy atom. The molecule has 0 aromatic heterocycles. The van der Waals surface area contributed by atoms with Crippen LogP contribution in [0, 0.1) is 16.0 Å². The number of aliphatic hydroxyl groups is 1. The Labute approximate surface area is 265 Å². The van der Waals surface area contributed by atoms with E-state index in [-0.39, 0.29) is 17.5 Å². The number of carbonyl (C=O) groups excluding carboxylic acids is 2. The van der Waals surface area contributed by atoms with E-state index in [0.717, 1.165) is 51.1 Å². The van der Waals surface area contributed by atoms with Crippen LogP contribution in [-0.4, -0.2) is 71.2 Å².